The number of hydrogen-bond donors (Lipinski definition) is 1. The number of rotatable bonds is 6. The molecule has 0 spiro atoms. The first-order chi connectivity index (χ1) is 15.8. The quantitative estimate of drug-likeness (QED) is 0.654. The minimum absolute atomic E-state index is 0.202. The number of benzene rings is 2. The van der Waals surface area contributed by atoms with Crippen LogP contribution in [-0.2, 0) is 0 Å². The standard InChI is InChI=1S/C27H32N4O/c32-26-21-29(19-24(22-9-3-1-4-10-22)23-11-5-2-6-12-23)20-25(26)30-15-17-31(18-16-30)27-13-7-8-14-28-27/h1-14,24-26,32H,15-21H2/t25-,26-/m1/s1. The molecule has 1 aromatic heterocycles. The number of aromatic nitrogens is 1. The Kier molecular flexibility index (Phi) is 6.49. The van der Waals surface area contributed by atoms with Crippen molar-refractivity contribution in [1.29, 1.82) is 0 Å². The van der Waals surface area contributed by atoms with Crippen molar-refractivity contribution in [1.82, 2.24) is 14.8 Å². The zero-order valence-corrected chi connectivity index (χ0v) is 18.5. The Morgan fingerprint density at radius 3 is 2.00 bits per heavy atom. The largest absolute Gasteiger partial charge is 0.390 e. The highest BCUT2D eigenvalue weighted by atomic mass is 16.3. The van der Waals surface area contributed by atoms with Crippen LogP contribution in [0.1, 0.15) is 17.0 Å². The van der Waals surface area contributed by atoms with Crippen molar-refractivity contribution in [2.45, 2.75) is 18.1 Å². The lowest BCUT2D eigenvalue weighted by Gasteiger charge is -2.39. The lowest BCUT2D eigenvalue weighted by atomic mass is 9.91. The van der Waals surface area contributed by atoms with E-state index in [1.165, 1.54) is 11.1 Å². The third-order valence-electron chi connectivity index (χ3n) is 6.94. The van der Waals surface area contributed by atoms with E-state index in [-0.39, 0.29) is 12.1 Å². The summed E-state index contributed by atoms with van der Waals surface area (Å²) in [5.41, 5.74) is 2.67. The van der Waals surface area contributed by atoms with Crippen molar-refractivity contribution in [3.05, 3.63) is 96.2 Å². The van der Waals surface area contributed by atoms with Crippen LogP contribution < -0.4 is 4.90 Å². The summed E-state index contributed by atoms with van der Waals surface area (Å²) in [5.74, 6) is 1.36. The Labute approximate surface area is 190 Å². The minimum Gasteiger partial charge on any atom is -0.390 e. The molecule has 0 bridgehead atoms. The molecule has 5 heteroatoms. The SMILES string of the molecule is O[C@@H]1CN(CC(c2ccccc2)c2ccccc2)C[C@H]1N1CCN(c2ccccn2)CC1. The molecule has 2 saturated heterocycles. The maximum absolute atomic E-state index is 10.9. The molecule has 166 valence electrons. The van der Waals surface area contributed by atoms with Gasteiger partial charge in [-0.3, -0.25) is 9.80 Å². The van der Waals surface area contributed by atoms with Crippen LogP contribution in [0.25, 0.3) is 0 Å². The van der Waals surface area contributed by atoms with Gasteiger partial charge in [0.2, 0.25) is 0 Å². The summed E-state index contributed by atoms with van der Waals surface area (Å²) in [5, 5.41) is 10.9. The monoisotopic (exact) mass is 428 g/mol. The van der Waals surface area contributed by atoms with Crippen LogP contribution in [0.4, 0.5) is 5.82 Å². The van der Waals surface area contributed by atoms with E-state index in [2.05, 4.69) is 86.4 Å². The van der Waals surface area contributed by atoms with E-state index in [9.17, 15) is 5.11 Å². The van der Waals surface area contributed by atoms with Gasteiger partial charge in [0, 0.05) is 64.0 Å². The predicted octanol–water partition coefficient (Wildman–Crippen LogP) is 3.08. The minimum atomic E-state index is -0.302. The molecule has 2 fully saturated rings. The van der Waals surface area contributed by atoms with E-state index >= 15 is 0 Å². The molecule has 1 N–H and O–H groups in total. The average molecular weight is 429 g/mol. The van der Waals surface area contributed by atoms with Crippen molar-refractivity contribution >= 4 is 5.82 Å². The van der Waals surface area contributed by atoms with Gasteiger partial charge in [0.15, 0.2) is 0 Å². The van der Waals surface area contributed by atoms with Gasteiger partial charge in [0.25, 0.3) is 0 Å². The molecule has 5 nitrogen and oxygen atoms in total. The smallest absolute Gasteiger partial charge is 0.128 e. The first-order valence-electron chi connectivity index (χ1n) is 11.7. The number of pyridine rings is 1. The Hall–Kier alpha value is -2.73. The highest BCUT2D eigenvalue weighted by molar-refractivity contribution is 5.38. The number of hydrogen-bond acceptors (Lipinski definition) is 5. The van der Waals surface area contributed by atoms with E-state index in [0.717, 1.165) is 51.6 Å². The summed E-state index contributed by atoms with van der Waals surface area (Å²) in [6, 6.07) is 27.8. The van der Waals surface area contributed by atoms with E-state index < -0.39 is 0 Å². The molecule has 2 aliphatic rings. The Morgan fingerprint density at radius 2 is 1.41 bits per heavy atom. The number of aliphatic hydroxyl groups is 1. The maximum Gasteiger partial charge on any atom is 0.128 e. The van der Waals surface area contributed by atoms with Gasteiger partial charge in [0.1, 0.15) is 5.82 Å². The lowest BCUT2D eigenvalue weighted by molar-refractivity contribution is 0.0790. The lowest BCUT2D eigenvalue weighted by Crippen LogP contribution is -2.54. The third kappa shape index (κ3) is 4.70. The molecule has 0 amide bonds. The summed E-state index contributed by atoms with van der Waals surface area (Å²) < 4.78 is 0. The number of nitrogens with zero attached hydrogens (tertiary/aromatic N) is 4. The van der Waals surface area contributed by atoms with E-state index in [4.69, 9.17) is 0 Å². The number of aliphatic hydroxyl groups excluding tert-OH is 1. The van der Waals surface area contributed by atoms with Crippen LogP contribution >= 0.6 is 0 Å². The number of piperazine rings is 1. The van der Waals surface area contributed by atoms with Gasteiger partial charge in [-0.1, -0.05) is 66.7 Å². The van der Waals surface area contributed by atoms with Gasteiger partial charge in [-0.15, -0.1) is 0 Å². The molecule has 3 aromatic rings. The molecule has 3 heterocycles. The molecule has 0 unspecified atom stereocenters. The van der Waals surface area contributed by atoms with E-state index in [0.29, 0.717) is 5.92 Å². The number of likely N-dealkylation sites (tertiary alicyclic amines) is 1. The Bertz CT molecular complexity index is 921. The zero-order valence-electron chi connectivity index (χ0n) is 18.5. The number of anilines is 1. The molecule has 32 heavy (non-hydrogen) atoms. The van der Waals surface area contributed by atoms with Gasteiger partial charge in [0.05, 0.1) is 6.10 Å². The fourth-order valence-corrected chi connectivity index (χ4v) is 5.21. The van der Waals surface area contributed by atoms with Gasteiger partial charge >= 0.3 is 0 Å². The summed E-state index contributed by atoms with van der Waals surface area (Å²) in [6.45, 7) is 6.42. The zero-order chi connectivity index (χ0) is 21.8. The summed E-state index contributed by atoms with van der Waals surface area (Å²) in [4.78, 5) is 11.8. The molecule has 0 aliphatic carbocycles. The van der Waals surface area contributed by atoms with Crippen molar-refractivity contribution < 1.29 is 5.11 Å². The second-order valence-corrected chi connectivity index (χ2v) is 8.94. The summed E-state index contributed by atoms with van der Waals surface area (Å²) >= 11 is 0. The highest BCUT2D eigenvalue weighted by Gasteiger charge is 2.37. The number of β-amino-alcohol motifs (C(OH)–C–C–N with tert-alkyl or cyclic N) is 1. The molecule has 2 aromatic carbocycles. The van der Waals surface area contributed by atoms with Gasteiger partial charge in [-0.05, 0) is 23.3 Å². The van der Waals surface area contributed by atoms with E-state index in [1.807, 2.05) is 18.3 Å². The predicted molar refractivity (Wildman–Crippen MR) is 129 cm³/mol. The first-order valence-corrected chi connectivity index (χ1v) is 11.7. The second-order valence-electron chi connectivity index (χ2n) is 8.94. The molecule has 5 rings (SSSR count). The average Bonchev–Trinajstić information content (AvgIpc) is 3.24. The third-order valence-corrected chi connectivity index (χ3v) is 6.94. The van der Waals surface area contributed by atoms with E-state index in [1.54, 1.807) is 0 Å². The van der Waals surface area contributed by atoms with Crippen LogP contribution in [0.15, 0.2) is 85.1 Å². The van der Waals surface area contributed by atoms with Crippen molar-refractivity contribution in [2.24, 2.45) is 0 Å². The molecule has 0 radical (unpaired) electrons. The highest BCUT2D eigenvalue weighted by Crippen LogP contribution is 2.28. The van der Waals surface area contributed by atoms with Crippen LogP contribution in [-0.4, -0.2) is 77.8 Å². The van der Waals surface area contributed by atoms with Gasteiger partial charge in [-0.2, -0.15) is 0 Å². The first kappa shape index (κ1) is 21.1. The Balaban J connectivity index is 1.24. The fourth-order valence-electron chi connectivity index (χ4n) is 5.21. The normalized spacial score (nSPS) is 22.5. The molecule has 2 atom stereocenters. The molecule has 0 saturated carbocycles. The fraction of sp³-hybridized carbons (Fsp3) is 0.370. The maximum atomic E-state index is 10.9. The summed E-state index contributed by atoms with van der Waals surface area (Å²) in [6.07, 6.45) is 1.56. The molecule has 2 aliphatic heterocycles. The Morgan fingerprint density at radius 1 is 0.781 bits per heavy atom. The second kappa shape index (κ2) is 9.82. The van der Waals surface area contributed by atoms with Crippen LogP contribution in [0, 0.1) is 0 Å². The van der Waals surface area contributed by atoms with Crippen LogP contribution in [0.2, 0.25) is 0 Å². The molecular weight excluding hydrogens is 396 g/mol. The topological polar surface area (TPSA) is 42.8 Å². The van der Waals surface area contributed by atoms with Gasteiger partial charge in [-0.25, -0.2) is 4.98 Å². The van der Waals surface area contributed by atoms with Crippen LogP contribution in [0.5, 0.6) is 0 Å². The molecular formula is C27H32N4O. The van der Waals surface area contributed by atoms with Crippen LogP contribution in [0.3, 0.4) is 0 Å². The van der Waals surface area contributed by atoms with Crippen molar-refractivity contribution in [2.75, 3.05) is 50.7 Å². The van der Waals surface area contributed by atoms with Gasteiger partial charge < -0.3 is 10.0 Å². The summed E-state index contributed by atoms with van der Waals surface area (Å²) in [7, 11) is 0. The van der Waals surface area contributed by atoms with Crippen molar-refractivity contribution in [3.8, 4) is 0 Å². The van der Waals surface area contributed by atoms with Crippen molar-refractivity contribution in [3.63, 3.8) is 0 Å².